The zero-order valence-corrected chi connectivity index (χ0v) is 52.8. The number of rotatable bonds is 45. The molecule has 1 saturated heterocycles. The molecule has 1 fully saturated rings. The highest BCUT2D eigenvalue weighted by molar-refractivity contribution is 5.95. The van der Waals surface area contributed by atoms with Crippen molar-refractivity contribution in [2.24, 2.45) is 5.92 Å². The summed E-state index contributed by atoms with van der Waals surface area (Å²) in [5.41, 5.74) is 1.39. The molecule has 2 aromatic rings. The van der Waals surface area contributed by atoms with Crippen LogP contribution in [0.15, 0.2) is 60.7 Å². The minimum Gasteiger partial charge on any atom is -0.481 e. The fourth-order valence-electron chi connectivity index (χ4n) is 10.1. The highest BCUT2D eigenvalue weighted by Gasteiger charge is 2.31. The molecule has 93 heavy (non-hydrogen) atoms. The Bertz CT molecular complexity index is 2680. The molecular formula is C63H94N11O19. The van der Waals surface area contributed by atoms with Gasteiger partial charge in [0.05, 0.1) is 38.6 Å². The van der Waals surface area contributed by atoms with Crippen LogP contribution < -0.4 is 37.2 Å². The van der Waals surface area contributed by atoms with Crippen molar-refractivity contribution < 1.29 is 93.0 Å². The second-order valence-corrected chi connectivity index (χ2v) is 22.9. The molecule has 0 spiro atoms. The molecule has 30 heteroatoms. The molecule has 4 atom stereocenters. The summed E-state index contributed by atoms with van der Waals surface area (Å²) in [7, 11) is 0. The van der Waals surface area contributed by atoms with Crippen LogP contribution in [-0.2, 0) is 70.4 Å². The van der Waals surface area contributed by atoms with Gasteiger partial charge in [0.2, 0.25) is 29.5 Å². The fourth-order valence-corrected chi connectivity index (χ4v) is 10.1. The topological polar surface area (TPSA) is 440 Å². The lowest BCUT2D eigenvalue weighted by Crippen LogP contribution is -2.50. The lowest BCUT2D eigenvalue weighted by molar-refractivity contribution is -0.143. The number of aliphatic carboxylic acids is 6. The Morgan fingerprint density at radius 2 is 0.839 bits per heavy atom. The van der Waals surface area contributed by atoms with Gasteiger partial charge in [-0.25, -0.2) is 14.4 Å². The summed E-state index contributed by atoms with van der Waals surface area (Å²) in [6.07, 6.45) is 6.15. The number of nitrogens with one attached hydrogen (secondary N) is 7. The Hall–Kier alpha value is -8.61. The number of carbonyl (C=O) groups excluding carboxylic acids is 7. The van der Waals surface area contributed by atoms with Gasteiger partial charge in [-0.3, -0.25) is 67.5 Å². The molecule has 3 unspecified atom stereocenters. The summed E-state index contributed by atoms with van der Waals surface area (Å²) in [4.78, 5) is 168. The number of ketones is 1. The number of nitrogens with zero attached hydrogens (tertiary/aromatic N) is 4. The predicted molar refractivity (Wildman–Crippen MR) is 337 cm³/mol. The van der Waals surface area contributed by atoms with Crippen LogP contribution in [0.5, 0.6) is 0 Å². The number of carbonyl (C=O) groups is 13. The van der Waals surface area contributed by atoms with Crippen LogP contribution in [-0.4, -0.2) is 250 Å². The van der Waals surface area contributed by atoms with E-state index >= 15 is 0 Å². The number of hydrogen-bond donors (Lipinski definition) is 13. The van der Waals surface area contributed by atoms with Crippen LogP contribution in [0.25, 0.3) is 0 Å². The molecule has 1 aliphatic heterocycles. The van der Waals surface area contributed by atoms with Gasteiger partial charge >= 0.3 is 41.8 Å². The maximum Gasteiger partial charge on any atom is 0.326 e. The summed E-state index contributed by atoms with van der Waals surface area (Å²) in [5.74, 6) is -10.8. The normalized spacial score (nSPS) is 14.8. The zero-order valence-electron chi connectivity index (χ0n) is 52.8. The summed E-state index contributed by atoms with van der Waals surface area (Å²) in [5, 5.41) is 75.2. The van der Waals surface area contributed by atoms with E-state index in [-0.39, 0.29) is 149 Å². The standard InChI is InChI=1S/C63H94N11O19/c75-51(50(39-46-18-8-4-9-19-46)68-54(78)25-29-66-55(79)41-71-30-32-72(42-57(82)83)34-36-74(44-59(86)87)37-35-73(33-31-71)43-58(84)85)40-47(38-45-16-6-3-7-17-45)60(88)69-48(61(89)90)20-12-15-27-65-53(77)22-11-2-1-10-21-52(76)64-26-13-5-14-28-67-63(93)70-49(62(91)92)23-24-56(80)81/h3-4,6-9,16-19,25,47-50H,1-2,5,10-15,20-24,26-44H2,(H,64,76)(H,65,77)(H,66,79)(H,68,78)(H,69,88)(H,80,81)(H,82,83)(H,84,85)(H,86,87)(H,89,90)(H,91,92)(H2,67,70,93)/t47?,48?,49-,50?/m0/s1. The molecule has 1 heterocycles. The Labute approximate surface area is 541 Å². The van der Waals surface area contributed by atoms with E-state index in [1.165, 1.54) is 0 Å². The molecule has 515 valence electrons. The first kappa shape index (κ1) is 78.6. The molecule has 0 aromatic heterocycles. The Kier molecular flexibility index (Phi) is 38.6. The average Bonchev–Trinajstić information content (AvgIpc) is 1.16. The van der Waals surface area contributed by atoms with Gasteiger partial charge < -0.3 is 67.9 Å². The molecule has 2 aromatic carbocycles. The van der Waals surface area contributed by atoms with Gasteiger partial charge in [-0.15, -0.1) is 0 Å². The SMILES string of the molecule is O=C(O)CC[C@H](NC(=O)NCCCCCNC(=O)CCCCCCC(=O)NCCCCC(NC(=O)C(CC(=O)C(Cc1ccccc1)NC(=O)[CH]CNC(=O)CN1CCN(CC(=O)O)CCN(CC(=O)O)CCN(CC(=O)O)CC1)Cc1ccccc1)C(=O)O)C(=O)O. The van der Waals surface area contributed by atoms with E-state index < -0.39 is 95.8 Å². The van der Waals surface area contributed by atoms with Gasteiger partial charge in [-0.1, -0.05) is 73.5 Å². The van der Waals surface area contributed by atoms with E-state index in [9.17, 15) is 82.8 Å². The van der Waals surface area contributed by atoms with Crippen LogP contribution in [0.3, 0.4) is 0 Å². The zero-order chi connectivity index (χ0) is 68.3. The molecule has 1 aliphatic rings. The third-order valence-electron chi connectivity index (χ3n) is 15.2. The molecule has 0 saturated carbocycles. The van der Waals surface area contributed by atoms with Gasteiger partial charge in [0.25, 0.3) is 0 Å². The lowest BCUT2D eigenvalue weighted by atomic mass is 9.89. The number of urea groups is 1. The van der Waals surface area contributed by atoms with Crippen molar-refractivity contribution >= 4 is 77.2 Å². The minimum atomic E-state index is -1.33. The Morgan fingerprint density at radius 1 is 0.409 bits per heavy atom. The van der Waals surface area contributed by atoms with E-state index in [1.54, 1.807) is 80.3 Å². The Morgan fingerprint density at radius 3 is 1.30 bits per heavy atom. The highest BCUT2D eigenvalue weighted by Crippen LogP contribution is 2.18. The van der Waals surface area contributed by atoms with Crippen molar-refractivity contribution in [2.75, 3.05) is 105 Å². The number of hydrogen-bond acceptors (Lipinski definition) is 17. The van der Waals surface area contributed by atoms with E-state index in [2.05, 4.69) is 37.2 Å². The van der Waals surface area contributed by atoms with E-state index in [0.717, 1.165) is 19.3 Å². The number of benzene rings is 2. The molecule has 7 amide bonds. The molecular weight excluding hydrogens is 1210 g/mol. The third kappa shape index (κ3) is 37.5. The quantitative estimate of drug-likeness (QED) is 0.0400. The second-order valence-electron chi connectivity index (χ2n) is 22.9. The number of Topliss-reactive ketones (excluding diaryl/α,β-unsaturated/α-hetero) is 1. The van der Waals surface area contributed by atoms with Crippen molar-refractivity contribution in [3.63, 3.8) is 0 Å². The second kappa shape index (κ2) is 45.6. The van der Waals surface area contributed by atoms with Gasteiger partial charge in [0.1, 0.15) is 12.1 Å². The lowest BCUT2D eigenvalue weighted by Gasteiger charge is -2.32. The van der Waals surface area contributed by atoms with Crippen molar-refractivity contribution in [1.82, 2.24) is 56.8 Å². The first-order valence-electron chi connectivity index (χ1n) is 31.6. The van der Waals surface area contributed by atoms with Crippen LogP contribution in [0.4, 0.5) is 4.79 Å². The number of amides is 7. The highest BCUT2D eigenvalue weighted by atomic mass is 16.4. The monoisotopic (exact) mass is 1310 g/mol. The molecule has 0 aliphatic carbocycles. The maximum atomic E-state index is 14.4. The minimum absolute atomic E-state index is 0.0241. The molecule has 13 N–H and O–H groups in total. The van der Waals surface area contributed by atoms with Crippen LogP contribution >= 0.6 is 0 Å². The summed E-state index contributed by atoms with van der Waals surface area (Å²) in [6.45, 7) is 1.05. The van der Waals surface area contributed by atoms with Gasteiger partial charge in [-0.2, -0.15) is 0 Å². The van der Waals surface area contributed by atoms with Gasteiger partial charge in [0, 0.05) is 110 Å². The Balaban J connectivity index is 1.47. The summed E-state index contributed by atoms with van der Waals surface area (Å²) >= 11 is 0. The van der Waals surface area contributed by atoms with Crippen molar-refractivity contribution in [3.8, 4) is 0 Å². The van der Waals surface area contributed by atoms with Gasteiger partial charge in [0.15, 0.2) is 5.78 Å². The summed E-state index contributed by atoms with van der Waals surface area (Å²) in [6, 6.07) is 13.2. The van der Waals surface area contributed by atoms with Crippen LogP contribution in [0.1, 0.15) is 107 Å². The molecule has 3 rings (SSSR count). The maximum absolute atomic E-state index is 14.4. The van der Waals surface area contributed by atoms with E-state index in [4.69, 9.17) is 10.2 Å². The van der Waals surface area contributed by atoms with E-state index in [1.807, 2.05) is 0 Å². The van der Waals surface area contributed by atoms with Gasteiger partial charge in [-0.05, 0) is 81.8 Å². The van der Waals surface area contributed by atoms with Crippen LogP contribution in [0.2, 0.25) is 0 Å². The summed E-state index contributed by atoms with van der Waals surface area (Å²) < 4.78 is 0. The van der Waals surface area contributed by atoms with Crippen molar-refractivity contribution in [1.29, 1.82) is 0 Å². The molecule has 1 radical (unpaired) electrons. The fraction of sp³-hybridized carbons (Fsp3) is 0.587. The van der Waals surface area contributed by atoms with Crippen molar-refractivity contribution in [3.05, 3.63) is 78.2 Å². The number of unbranched alkanes of at least 4 members (excludes halogenated alkanes) is 6. The third-order valence-corrected chi connectivity index (χ3v) is 15.2. The molecule has 30 nitrogen and oxygen atoms in total. The smallest absolute Gasteiger partial charge is 0.326 e. The van der Waals surface area contributed by atoms with Crippen LogP contribution in [0, 0.1) is 12.3 Å². The molecule has 0 bridgehead atoms. The number of carboxylic acids is 6. The largest absolute Gasteiger partial charge is 0.481 e. The first-order chi connectivity index (χ1) is 44.4. The predicted octanol–water partition coefficient (Wildman–Crippen LogP) is 0.428. The first-order valence-corrected chi connectivity index (χ1v) is 31.6. The average molecular weight is 1310 g/mol. The van der Waals surface area contributed by atoms with Crippen molar-refractivity contribution in [2.45, 2.75) is 127 Å². The van der Waals surface area contributed by atoms with E-state index in [0.29, 0.717) is 69.0 Å². The number of carboxylic acid groups (broad SMARTS) is 6.